The average molecular weight is 300 g/mol. The highest BCUT2D eigenvalue weighted by molar-refractivity contribution is 5.45. The van der Waals surface area contributed by atoms with Crippen molar-refractivity contribution < 1.29 is 13.2 Å². The number of aromatic nitrogens is 4. The van der Waals surface area contributed by atoms with Gasteiger partial charge in [0.2, 0.25) is 0 Å². The standard InChI is InChI=1S/C12H15F3N6/c1-11(4-6-16-7-5-11)17-8-2-3-9-18-19-10(12(13,14)15)21(9)20-8/h2-3,16H,4-7H2,1H3,(H,17,20). The lowest BCUT2D eigenvalue weighted by atomic mass is 9.91. The summed E-state index contributed by atoms with van der Waals surface area (Å²) < 4.78 is 39.2. The van der Waals surface area contributed by atoms with Crippen molar-refractivity contribution in [1.29, 1.82) is 0 Å². The van der Waals surface area contributed by atoms with Gasteiger partial charge in [0, 0.05) is 5.54 Å². The number of hydrogen-bond acceptors (Lipinski definition) is 5. The fourth-order valence-corrected chi connectivity index (χ4v) is 2.45. The van der Waals surface area contributed by atoms with Gasteiger partial charge >= 0.3 is 6.18 Å². The molecule has 0 unspecified atom stereocenters. The summed E-state index contributed by atoms with van der Waals surface area (Å²) in [6.07, 6.45) is -2.83. The van der Waals surface area contributed by atoms with Gasteiger partial charge in [-0.3, -0.25) is 0 Å². The van der Waals surface area contributed by atoms with E-state index in [0.717, 1.165) is 30.4 Å². The van der Waals surface area contributed by atoms with Crippen LogP contribution in [0, 0.1) is 0 Å². The summed E-state index contributed by atoms with van der Waals surface area (Å²) in [6, 6.07) is 3.10. The second kappa shape index (κ2) is 4.83. The molecule has 1 fully saturated rings. The van der Waals surface area contributed by atoms with Crippen molar-refractivity contribution in [3.8, 4) is 0 Å². The highest BCUT2D eigenvalue weighted by atomic mass is 19.4. The van der Waals surface area contributed by atoms with Crippen LogP contribution >= 0.6 is 0 Å². The number of alkyl halides is 3. The van der Waals surface area contributed by atoms with Gasteiger partial charge in [0.25, 0.3) is 5.82 Å². The third-order valence-corrected chi connectivity index (χ3v) is 3.65. The van der Waals surface area contributed by atoms with Gasteiger partial charge in [-0.05, 0) is 45.0 Å². The number of fused-ring (bicyclic) bond motifs is 1. The molecule has 2 aromatic rings. The highest BCUT2D eigenvalue weighted by Crippen LogP contribution is 2.28. The van der Waals surface area contributed by atoms with E-state index in [1.165, 1.54) is 6.07 Å². The van der Waals surface area contributed by atoms with Crippen LogP contribution < -0.4 is 10.6 Å². The zero-order chi connectivity index (χ0) is 15.1. The summed E-state index contributed by atoms with van der Waals surface area (Å²) in [5.74, 6) is -0.728. The van der Waals surface area contributed by atoms with Crippen LogP contribution in [-0.2, 0) is 6.18 Å². The second-order valence-corrected chi connectivity index (χ2v) is 5.45. The topological polar surface area (TPSA) is 67.1 Å². The van der Waals surface area contributed by atoms with Crippen molar-refractivity contribution in [2.75, 3.05) is 18.4 Å². The Morgan fingerprint density at radius 2 is 1.95 bits per heavy atom. The molecule has 1 saturated heterocycles. The molecule has 1 aliphatic heterocycles. The van der Waals surface area contributed by atoms with Gasteiger partial charge in [0.1, 0.15) is 5.82 Å². The lowest BCUT2D eigenvalue weighted by Crippen LogP contribution is -2.45. The third-order valence-electron chi connectivity index (χ3n) is 3.65. The first kappa shape index (κ1) is 14.1. The molecule has 0 aliphatic carbocycles. The third kappa shape index (κ3) is 2.78. The average Bonchev–Trinajstić information content (AvgIpc) is 2.82. The van der Waals surface area contributed by atoms with E-state index in [1.54, 1.807) is 6.07 Å². The molecule has 0 atom stereocenters. The minimum atomic E-state index is -4.58. The molecule has 0 saturated carbocycles. The molecule has 0 bridgehead atoms. The molecule has 6 nitrogen and oxygen atoms in total. The molecule has 0 amide bonds. The van der Waals surface area contributed by atoms with Crippen molar-refractivity contribution in [2.45, 2.75) is 31.5 Å². The lowest BCUT2D eigenvalue weighted by molar-refractivity contribution is -0.146. The van der Waals surface area contributed by atoms with Crippen LogP contribution in [0.25, 0.3) is 5.65 Å². The summed E-state index contributed by atoms with van der Waals surface area (Å²) in [5.41, 5.74) is -0.110. The second-order valence-electron chi connectivity index (χ2n) is 5.45. The van der Waals surface area contributed by atoms with E-state index in [4.69, 9.17) is 0 Å². The molecule has 0 radical (unpaired) electrons. The Morgan fingerprint density at radius 3 is 2.62 bits per heavy atom. The highest BCUT2D eigenvalue weighted by Gasteiger charge is 2.38. The molecule has 3 heterocycles. The van der Waals surface area contributed by atoms with Gasteiger partial charge in [-0.25, -0.2) is 0 Å². The minimum Gasteiger partial charge on any atom is -0.363 e. The zero-order valence-corrected chi connectivity index (χ0v) is 11.4. The molecular weight excluding hydrogens is 285 g/mol. The van der Waals surface area contributed by atoms with Gasteiger partial charge in [-0.1, -0.05) is 0 Å². The van der Waals surface area contributed by atoms with Crippen LogP contribution in [0.15, 0.2) is 12.1 Å². The van der Waals surface area contributed by atoms with E-state index in [1.807, 2.05) is 6.92 Å². The van der Waals surface area contributed by atoms with Crippen LogP contribution in [0.5, 0.6) is 0 Å². The molecule has 0 aromatic carbocycles. The Hall–Kier alpha value is -1.90. The Bertz CT molecular complexity index is 644. The molecule has 21 heavy (non-hydrogen) atoms. The summed E-state index contributed by atoms with van der Waals surface area (Å²) in [6.45, 7) is 3.77. The summed E-state index contributed by atoms with van der Waals surface area (Å²) in [5, 5.41) is 17.1. The smallest absolute Gasteiger partial charge is 0.363 e. The van der Waals surface area contributed by atoms with Gasteiger partial charge in [-0.2, -0.15) is 17.7 Å². The Labute approximate surface area is 118 Å². The van der Waals surface area contributed by atoms with Crippen LogP contribution in [0.2, 0.25) is 0 Å². The maximum atomic E-state index is 12.8. The molecule has 9 heteroatoms. The largest absolute Gasteiger partial charge is 0.453 e. The maximum absolute atomic E-state index is 12.8. The molecule has 3 rings (SSSR count). The number of nitrogens with one attached hydrogen (secondary N) is 2. The molecule has 0 spiro atoms. The summed E-state index contributed by atoms with van der Waals surface area (Å²) >= 11 is 0. The Morgan fingerprint density at radius 1 is 1.24 bits per heavy atom. The number of piperidine rings is 1. The lowest BCUT2D eigenvalue weighted by Gasteiger charge is -2.35. The first-order valence-corrected chi connectivity index (χ1v) is 6.66. The van der Waals surface area contributed by atoms with Gasteiger partial charge < -0.3 is 10.6 Å². The fraction of sp³-hybridized carbons (Fsp3) is 0.583. The number of rotatable bonds is 2. The van der Waals surface area contributed by atoms with Crippen molar-refractivity contribution >= 4 is 11.5 Å². The van der Waals surface area contributed by atoms with E-state index >= 15 is 0 Å². The van der Waals surface area contributed by atoms with E-state index in [9.17, 15) is 13.2 Å². The fourth-order valence-electron chi connectivity index (χ4n) is 2.45. The zero-order valence-electron chi connectivity index (χ0n) is 11.4. The van der Waals surface area contributed by atoms with Crippen molar-refractivity contribution in [3.05, 3.63) is 18.0 Å². The van der Waals surface area contributed by atoms with Crippen LogP contribution in [0.1, 0.15) is 25.6 Å². The van der Waals surface area contributed by atoms with Gasteiger partial charge in [0.15, 0.2) is 5.65 Å². The van der Waals surface area contributed by atoms with E-state index in [-0.39, 0.29) is 11.2 Å². The molecule has 114 valence electrons. The monoisotopic (exact) mass is 300 g/mol. The van der Waals surface area contributed by atoms with Crippen LogP contribution in [0.3, 0.4) is 0 Å². The quantitative estimate of drug-likeness (QED) is 0.883. The Kier molecular flexibility index (Phi) is 3.23. The predicted molar refractivity (Wildman–Crippen MR) is 69.9 cm³/mol. The molecule has 1 aliphatic rings. The number of hydrogen-bond donors (Lipinski definition) is 2. The molecular formula is C12H15F3N6. The van der Waals surface area contributed by atoms with Gasteiger partial charge in [-0.15, -0.1) is 15.3 Å². The van der Waals surface area contributed by atoms with E-state index < -0.39 is 12.0 Å². The SMILES string of the molecule is CC1(Nc2ccc3nnc(C(F)(F)F)n3n2)CCNCC1. The first-order valence-electron chi connectivity index (χ1n) is 6.66. The first-order chi connectivity index (χ1) is 9.87. The van der Waals surface area contributed by atoms with Crippen LogP contribution in [0.4, 0.5) is 19.0 Å². The summed E-state index contributed by atoms with van der Waals surface area (Å²) in [4.78, 5) is 0. The number of anilines is 1. The normalized spacial score (nSPS) is 18.9. The van der Waals surface area contributed by atoms with Gasteiger partial charge in [0.05, 0.1) is 0 Å². The number of nitrogens with zero attached hydrogens (tertiary/aromatic N) is 4. The Balaban J connectivity index is 1.93. The van der Waals surface area contributed by atoms with Crippen molar-refractivity contribution in [1.82, 2.24) is 25.1 Å². The van der Waals surface area contributed by atoms with Crippen molar-refractivity contribution in [3.63, 3.8) is 0 Å². The number of halogens is 3. The van der Waals surface area contributed by atoms with Crippen LogP contribution in [-0.4, -0.2) is 38.4 Å². The molecule has 2 N–H and O–H groups in total. The van der Waals surface area contributed by atoms with E-state index in [0.29, 0.717) is 5.82 Å². The maximum Gasteiger partial charge on any atom is 0.453 e. The van der Waals surface area contributed by atoms with Crippen molar-refractivity contribution in [2.24, 2.45) is 0 Å². The summed E-state index contributed by atoms with van der Waals surface area (Å²) in [7, 11) is 0. The van der Waals surface area contributed by atoms with E-state index in [2.05, 4.69) is 25.9 Å². The predicted octanol–water partition coefficient (Wildman–Crippen LogP) is 1.70. The molecule has 2 aromatic heterocycles. The minimum absolute atomic E-state index is 0.0725.